The van der Waals surface area contributed by atoms with E-state index in [-0.39, 0.29) is 11.3 Å². The first-order valence-corrected chi connectivity index (χ1v) is 10.4. The molecule has 2 aliphatic heterocycles. The summed E-state index contributed by atoms with van der Waals surface area (Å²) in [7, 11) is 3.26. The van der Waals surface area contributed by atoms with Crippen LogP contribution in [-0.4, -0.2) is 32.3 Å². The van der Waals surface area contributed by atoms with Crippen molar-refractivity contribution in [2.75, 3.05) is 25.7 Å². The number of anilines is 1. The monoisotopic (exact) mass is 456 g/mol. The third-order valence-corrected chi connectivity index (χ3v) is 6.62. The number of rotatable bonds is 4. The quantitative estimate of drug-likeness (QED) is 0.735. The van der Waals surface area contributed by atoms with E-state index in [2.05, 4.69) is 64.3 Å². The molecule has 2 heterocycles. The summed E-state index contributed by atoms with van der Waals surface area (Å²) in [6.07, 6.45) is 4.58. The molecule has 152 valence electrons. The fourth-order valence-electron chi connectivity index (χ4n) is 4.58. The number of carbonyl (C=O) groups excluding carboxylic acids is 1. The Bertz CT molecular complexity index is 1000. The molecular formula is C23H25BrN2O3. The summed E-state index contributed by atoms with van der Waals surface area (Å²) in [4.78, 5) is 14.8. The Kier molecular flexibility index (Phi) is 4.85. The van der Waals surface area contributed by atoms with Gasteiger partial charge in [-0.2, -0.15) is 0 Å². The van der Waals surface area contributed by atoms with Crippen molar-refractivity contribution in [1.29, 1.82) is 0 Å². The second-order valence-corrected chi connectivity index (χ2v) is 8.83. The van der Waals surface area contributed by atoms with Gasteiger partial charge in [-0.1, -0.05) is 48.0 Å². The topological polar surface area (TPSA) is 50.8 Å². The van der Waals surface area contributed by atoms with Gasteiger partial charge in [-0.3, -0.25) is 4.79 Å². The van der Waals surface area contributed by atoms with Crippen molar-refractivity contribution >= 4 is 33.6 Å². The van der Waals surface area contributed by atoms with Gasteiger partial charge in [0.1, 0.15) is 5.66 Å². The zero-order valence-electron chi connectivity index (χ0n) is 17.1. The second-order valence-electron chi connectivity index (χ2n) is 7.92. The van der Waals surface area contributed by atoms with Gasteiger partial charge < -0.3 is 19.7 Å². The lowest BCUT2D eigenvalue weighted by atomic mass is 9.74. The molecule has 4 rings (SSSR count). The van der Waals surface area contributed by atoms with Crippen LogP contribution in [0, 0.1) is 0 Å². The van der Waals surface area contributed by atoms with Crippen molar-refractivity contribution in [3.05, 3.63) is 58.1 Å². The smallest absolute Gasteiger partial charge is 0.223 e. The molecule has 1 amide bonds. The average molecular weight is 457 g/mol. The molecule has 0 aliphatic carbocycles. The van der Waals surface area contributed by atoms with Gasteiger partial charge in [0.15, 0.2) is 11.5 Å². The number of hydrogen-bond donors (Lipinski definition) is 1. The minimum absolute atomic E-state index is 0.0588. The van der Waals surface area contributed by atoms with Crippen LogP contribution in [0.5, 0.6) is 11.5 Å². The standard InChI is InChI=1S/C23H25BrN2O3/c1-22(2)17-14-16(24)8-9-18(17)26-13-11-20(27)25-23(22,26)12-10-15-6-5-7-19(28-3)21(15)29-4/h5-10,12,14H,11,13H2,1-4H3,(H,25,27)/t23-/m1/s1. The van der Waals surface area contributed by atoms with Crippen LogP contribution in [-0.2, 0) is 10.2 Å². The zero-order chi connectivity index (χ0) is 20.8. The maximum Gasteiger partial charge on any atom is 0.223 e. The fraction of sp³-hybridized carbons (Fsp3) is 0.348. The van der Waals surface area contributed by atoms with E-state index in [4.69, 9.17) is 9.47 Å². The van der Waals surface area contributed by atoms with Crippen molar-refractivity contribution in [1.82, 2.24) is 5.32 Å². The van der Waals surface area contributed by atoms with Crippen molar-refractivity contribution in [3.63, 3.8) is 0 Å². The number of ether oxygens (including phenoxy) is 2. The summed E-state index contributed by atoms with van der Waals surface area (Å²) in [6, 6.07) is 12.1. The summed E-state index contributed by atoms with van der Waals surface area (Å²) in [5.74, 6) is 1.41. The minimum atomic E-state index is -0.667. The molecule has 1 atom stereocenters. The maximum absolute atomic E-state index is 12.5. The summed E-state index contributed by atoms with van der Waals surface area (Å²) in [5.41, 5.74) is 2.25. The number of para-hydroxylation sites is 1. The van der Waals surface area contributed by atoms with Gasteiger partial charge in [0.05, 0.1) is 14.2 Å². The Balaban J connectivity index is 1.86. The van der Waals surface area contributed by atoms with Crippen LogP contribution in [0.25, 0.3) is 6.08 Å². The lowest BCUT2D eigenvalue weighted by molar-refractivity contribution is -0.124. The van der Waals surface area contributed by atoms with Crippen LogP contribution < -0.4 is 19.7 Å². The maximum atomic E-state index is 12.5. The lowest BCUT2D eigenvalue weighted by Gasteiger charge is -2.49. The molecule has 2 aromatic carbocycles. The highest BCUT2D eigenvalue weighted by atomic mass is 79.9. The van der Waals surface area contributed by atoms with Gasteiger partial charge in [0.2, 0.25) is 5.91 Å². The Morgan fingerprint density at radius 3 is 2.69 bits per heavy atom. The first-order chi connectivity index (χ1) is 13.8. The van der Waals surface area contributed by atoms with Crippen molar-refractivity contribution in [2.45, 2.75) is 31.3 Å². The number of carbonyl (C=O) groups is 1. The van der Waals surface area contributed by atoms with E-state index < -0.39 is 5.66 Å². The van der Waals surface area contributed by atoms with Crippen molar-refractivity contribution in [3.8, 4) is 11.5 Å². The summed E-state index contributed by atoms with van der Waals surface area (Å²) >= 11 is 3.60. The highest BCUT2D eigenvalue weighted by Crippen LogP contribution is 2.53. The molecule has 0 saturated carbocycles. The fourth-order valence-corrected chi connectivity index (χ4v) is 4.94. The second kappa shape index (κ2) is 7.10. The van der Waals surface area contributed by atoms with Crippen LogP contribution in [0.4, 0.5) is 5.69 Å². The van der Waals surface area contributed by atoms with E-state index in [1.807, 2.05) is 24.3 Å². The average Bonchev–Trinajstić information content (AvgIpc) is 2.89. The normalized spacial score (nSPS) is 22.2. The first kappa shape index (κ1) is 19.8. The number of halogens is 1. The highest BCUT2D eigenvalue weighted by molar-refractivity contribution is 9.10. The molecule has 29 heavy (non-hydrogen) atoms. The lowest BCUT2D eigenvalue weighted by Crippen LogP contribution is -2.68. The Morgan fingerprint density at radius 1 is 1.17 bits per heavy atom. The summed E-state index contributed by atoms with van der Waals surface area (Å²) < 4.78 is 12.0. The first-order valence-electron chi connectivity index (χ1n) is 9.63. The van der Waals surface area contributed by atoms with Gasteiger partial charge in [-0.25, -0.2) is 0 Å². The number of nitrogens with zero attached hydrogens (tertiary/aromatic N) is 1. The van der Waals surface area contributed by atoms with E-state index in [1.54, 1.807) is 14.2 Å². The van der Waals surface area contributed by atoms with Crippen LogP contribution in [0.2, 0.25) is 0 Å². The zero-order valence-corrected chi connectivity index (χ0v) is 18.7. The molecule has 5 nitrogen and oxygen atoms in total. The molecule has 0 unspecified atom stereocenters. The van der Waals surface area contributed by atoms with E-state index in [9.17, 15) is 4.79 Å². The van der Waals surface area contributed by atoms with Crippen LogP contribution in [0.1, 0.15) is 31.4 Å². The number of fused-ring (bicyclic) bond motifs is 3. The van der Waals surface area contributed by atoms with Crippen molar-refractivity contribution in [2.24, 2.45) is 0 Å². The molecule has 1 fully saturated rings. The third kappa shape index (κ3) is 2.92. The highest BCUT2D eigenvalue weighted by Gasteiger charge is 2.57. The number of benzene rings is 2. The van der Waals surface area contributed by atoms with Gasteiger partial charge in [-0.05, 0) is 35.9 Å². The molecule has 6 heteroatoms. The molecule has 0 radical (unpaired) electrons. The van der Waals surface area contributed by atoms with E-state index >= 15 is 0 Å². The molecule has 0 spiro atoms. The summed E-state index contributed by atoms with van der Waals surface area (Å²) in [5, 5.41) is 3.30. The summed E-state index contributed by atoms with van der Waals surface area (Å²) in [6.45, 7) is 5.03. The SMILES string of the molecule is COc1cccc(C=C[C@@]23NC(=O)CCN2c2ccc(Br)cc2C3(C)C)c1OC. The predicted octanol–water partition coefficient (Wildman–Crippen LogP) is 4.49. The van der Waals surface area contributed by atoms with Crippen LogP contribution >= 0.6 is 15.9 Å². The molecule has 0 aromatic heterocycles. The Hall–Kier alpha value is -2.47. The van der Waals surface area contributed by atoms with Crippen LogP contribution in [0.3, 0.4) is 0 Å². The molecule has 1 saturated heterocycles. The number of amides is 1. The number of methoxy groups -OCH3 is 2. The largest absolute Gasteiger partial charge is 0.493 e. The van der Waals surface area contributed by atoms with Crippen molar-refractivity contribution < 1.29 is 14.3 Å². The molecular weight excluding hydrogens is 432 g/mol. The minimum Gasteiger partial charge on any atom is -0.493 e. The number of hydrogen-bond acceptors (Lipinski definition) is 4. The predicted molar refractivity (Wildman–Crippen MR) is 119 cm³/mol. The van der Waals surface area contributed by atoms with Gasteiger partial charge in [0.25, 0.3) is 0 Å². The van der Waals surface area contributed by atoms with E-state index in [0.717, 1.165) is 15.7 Å². The molecule has 1 N–H and O–H groups in total. The Morgan fingerprint density at radius 2 is 1.97 bits per heavy atom. The van der Waals surface area contributed by atoms with Gasteiger partial charge >= 0.3 is 0 Å². The molecule has 0 bridgehead atoms. The van der Waals surface area contributed by atoms with E-state index in [0.29, 0.717) is 24.5 Å². The number of nitrogens with one attached hydrogen (secondary N) is 1. The Labute approximate surface area is 179 Å². The third-order valence-electron chi connectivity index (χ3n) is 6.13. The molecule has 2 aromatic rings. The van der Waals surface area contributed by atoms with Crippen LogP contribution in [0.15, 0.2) is 46.9 Å². The van der Waals surface area contributed by atoms with Gasteiger partial charge in [-0.15, -0.1) is 0 Å². The molecule has 2 aliphatic rings. The van der Waals surface area contributed by atoms with E-state index in [1.165, 1.54) is 5.56 Å². The van der Waals surface area contributed by atoms with Gasteiger partial charge in [0, 0.05) is 34.1 Å².